The van der Waals surface area contributed by atoms with E-state index in [1.165, 1.54) is 0 Å². The Kier molecular flexibility index (Phi) is 2.87. The number of phenolic OH excluding ortho intramolecular Hbond substituents is 1. The van der Waals surface area contributed by atoms with Crippen molar-refractivity contribution in [2.75, 3.05) is 5.32 Å². The topological polar surface area (TPSA) is 49.3 Å². The maximum Gasteiger partial charge on any atom is 0.211 e. The number of carbonyl (C=O) groups excluding carboxylic acids is 1. The molecule has 0 atom stereocenters. The minimum absolute atomic E-state index is 0.172. The molecule has 3 heteroatoms. The molecule has 2 N–H and O–H groups in total. The summed E-state index contributed by atoms with van der Waals surface area (Å²) in [5.74, 6) is 0.172. The SMILES string of the molecule is O=CNc1cccc(-c2[c]cccc2O)c1. The number of amides is 1. The summed E-state index contributed by atoms with van der Waals surface area (Å²) < 4.78 is 0. The Bertz CT molecular complexity index is 509. The average Bonchev–Trinajstić information content (AvgIpc) is 2.30. The van der Waals surface area contributed by atoms with Crippen LogP contribution >= 0.6 is 0 Å². The first kappa shape index (κ1) is 10.2. The smallest absolute Gasteiger partial charge is 0.211 e. The third-order valence-electron chi connectivity index (χ3n) is 2.21. The van der Waals surface area contributed by atoms with Crippen molar-refractivity contribution >= 4 is 12.1 Å². The van der Waals surface area contributed by atoms with E-state index in [0.29, 0.717) is 17.7 Å². The molecule has 0 aliphatic heterocycles. The van der Waals surface area contributed by atoms with E-state index in [2.05, 4.69) is 11.4 Å². The number of phenols is 1. The number of rotatable bonds is 3. The monoisotopic (exact) mass is 212 g/mol. The van der Waals surface area contributed by atoms with Crippen molar-refractivity contribution in [1.82, 2.24) is 0 Å². The Hall–Kier alpha value is -2.29. The van der Waals surface area contributed by atoms with E-state index in [9.17, 15) is 9.90 Å². The molecule has 0 saturated heterocycles. The molecule has 0 spiro atoms. The highest BCUT2D eigenvalue weighted by Crippen LogP contribution is 2.29. The van der Waals surface area contributed by atoms with Gasteiger partial charge in [0.05, 0.1) is 0 Å². The molecule has 0 aliphatic rings. The van der Waals surface area contributed by atoms with Gasteiger partial charge in [-0.25, -0.2) is 0 Å². The van der Waals surface area contributed by atoms with Gasteiger partial charge in [0.1, 0.15) is 5.75 Å². The van der Waals surface area contributed by atoms with Gasteiger partial charge in [-0.2, -0.15) is 0 Å². The Morgan fingerprint density at radius 1 is 1.25 bits per heavy atom. The van der Waals surface area contributed by atoms with E-state index in [1.54, 1.807) is 36.4 Å². The molecule has 2 rings (SSSR count). The lowest BCUT2D eigenvalue weighted by Crippen LogP contribution is -1.93. The number of nitrogens with one attached hydrogen (secondary N) is 1. The van der Waals surface area contributed by atoms with Gasteiger partial charge >= 0.3 is 0 Å². The van der Waals surface area contributed by atoms with Crippen LogP contribution in [0.2, 0.25) is 0 Å². The zero-order chi connectivity index (χ0) is 11.4. The first-order chi connectivity index (χ1) is 7.81. The molecular weight excluding hydrogens is 202 g/mol. The van der Waals surface area contributed by atoms with Gasteiger partial charge in [-0.15, -0.1) is 0 Å². The summed E-state index contributed by atoms with van der Waals surface area (Å²) in [5, 5.41) is 12.2. The highest BCUT2D eigenvalue weighted by Gasteiger charge is 2.03. The molecule has 0 saturated carbocycles. The summed E-state index contributed by atoms with van der Waals surface area (Å²) >= 11 is 0. The molecule has 0 aromatic heterocycles. The third-order valence-corrected chi connectivity index (χ3v) is 2.21. The zero-order valence-electron chi connectivity index (χ0n) is 8.47. The third kappa shape index (κ3) is 2.03. The van der Waals surface area contributed by atoms with Gasteiger partial charge in [-0.3, -0.25) is 4.79 Å². The van der Waals surface area contributed by atoms with Gasteiger partial charge in [0, 0.05) is 11.3 Å². The van der Waals surface area contributed by atoms with Crippen molar-refractivity contribution in [1.29, 1.82) is 0 Å². The summed E-state index contributed by atoms with van der Waals surface area (Å²) in [6, 6.07) is 15.2. The van der Waals surface area contributed by atoms with E-state index < -0.39 is 0 Å². The molecule has 2 aromatic carbocycles. The first-order valence-corrected chi connectivity index (χ1v) is 4.81. The first-order valence-electron chi connectivity index (χ1n) is 4.81. The second kappa shape index (κ2) is 4.49. The fraction of sp³-hybridized carbons (Fsp3) is 0. The molecule has 16 heavy (non-hydrogen) atoms. The van der Waals surface area contributed by atoms with Crippen LogP contribution < -0.4 is 5.32 Å². The summed E-state index contributed by atoms with van der Waals surface area (Å²) in [7, 11) is 0. The molecule has 79 valence electrons. The van der Waals surface area contributed by atoms with Crippen LogP contribution in [0.1, 0.15) is 0 Å². The van der Waals surface area contributed by atoms with E-state index in [-0.39, 0.29) is 5.75 Å². The standard InChI is InChI=1S/C13H10NO2/c15-9-14-11-5-3-4-10(8-11)12-6-1-2-7-13(12)16/h1-5,7-9,16H,(H,14,15). The van der Waals surface area contributed by atoms with Crippen LogP contribution in [0.5, 0.6) is 5.75 Å². The summed E-state index contributed by atoms with van der Waals surface area (Å²) in [4.78, 5) is 10.3. The molecule has 0 heterocycles. The van der Waals surface area contributed by atoms with Crippen molar-refractivity contribution in [2.24, 2.45) is 0 Å². The lowest BCUT2D eigenvalue weighted by molar-refractivity contribution is -0.105. The predicted octanol–water partition coefficient (Wildman–Crippen LogP) is 2.43. The molecule has 0 bridgehead atoms. The number of benzene rings is 2. The van der Waals surface area contributed by atoms with Gasteiger partial charge in [0.25, 0.3) is 0 Å². The highest BCUT2D eigenvalue weighted by atomic mass is 16.3. The normalized spacial score (nSPS) is 9.75. The lowest BCUT2D eigenvalue weighted by Gasteiger charge is -2.05. The van der Waals surface area contributed by atoms with Crippen molar-refractivity contribution in [3.8, 4) is 16.9 Å². The van der Waals surface area contributed by atoms with Crippen LogP contribution in [0.15, 0.2) is 42.5 Å². The number of anilines is 1. The van der Waals surface area contributed by atoms with Crippen LogP contribution in [0.3, 0.4) is 0 Å². The largest absolute Gasteiger partial charge is 0.507 e. The Morgan fingerprint density at radius 3 is 2.88 bits per heavy atom. The average molecular weight is 212 g/mol. The van der Waals surface area contributed by atoms with E-state index in [1.807, 2.05) is 6.07 Å². The highest BCUT2D eigenvalue weighted by molar-refractivity contribution is 5.77. The summed E-state index contributed by atoms with van der Waals surface area (Å²) in [6.45, 7) is 0. The summed E-state index contributed by atoms with van der Waals surface area (Å²) in [6.07, 6.45) is 0.619. The molecule has 2 aromatic rings. The molecule has 1 radical (unpaired) electrons. The number of carbonyl (C=O) groups is 1. The Labute approximate surface area is 93.4 Å². The van der Waals surface area contributed by atoms with Crippen molar-refractivity contribution in [3.63, 3.8) is 0 Å². The van der Waals surface area contributed by atoms with E-state index in [4.69, 9.17) is 0 Å². The molecule has 0 unspecified atom stereocenters. The predicted molar refractivity (Wildman–Crippen MR) is 62.1 cm³/mol. The number of hydrogen-bond donors (Lipinski definition) is 2. The minimum atomic E-state index is 0.172. The van der Waals surface area contributed by atoms with Crippen LogP contribution in [-0.4, -0.2) is 11.5 Å². The second-order valence-electron chi connectivity index (χ2n) is 3.27. The number of hydrogen-bond acceptors (Lipinski definition) is 2. The molecule has 0 aliphatic carbocycles. The molecule has 3 nitrogen and oxygen atoms in total. The second-order valence-corrected chi connectivity index (χ2v) is 3.27. The van der Waals surface area contributed by atoms with Gasteiger partial charge in [0.15, 0.2) is 0 Å². The van der Waals surface area contributed by atoms with Crippen LogP contribution in [-0.2, 0) is 4.79 Å². The van der Waals surface area contributed by atoms with Crippen LogP contribution in [0.4, 0.5) is 5.69 Å². The molecule has 0 fully saturated rings. The quantitative estimate of drug-likeness (QED) is 0.767. The fourth-order valence-electron chi connectivity index (χ4n) is 1.49. The maximum absolute atomic E-state index is 10.3. The van der Waals surface area contributed by atoms with Gasteiger partial charge in [-0.05, 0) is 29.8 Å². The number of aromatic hydroxyl groups is 1. The van der Waals surface area contributed by atoms with Crippen molar-refractivity contribution in [3.05, 3.63) is 48.5 Å². The summed E-state index contributed by atoms with van der Waals surface area (Å²) in [5.41, 5.74) is 2.12. The lowest BCUT2D eigenvalue weighted by atomic mass is 10.0. The van der Waals surface area contributed by atoms with Crippen LogP contribution in [0, 0.1) is 6.07 Å². The van der Waals surface area contributed by atoms with Gasteiger partial charge < -0.3 is 10.4 Å². The van der Waals surface area contributed by atoms with E-state index in [0.717, 1.165) is 5.56 Å². The zero-order valence-corrected chi connectivity index (χ0v) is 8.47. The minimum Gasteiger partial charge on any atom is -0.507 e. The molecular formula is C13H10NO2. The van der Waals surface area contributed by atoms with Gasteiger partial charge in [0.2, 0.25) is 6.41 Å². The van der Waals surface area contributed by atoms with Crippen molar-refractivity contribution in [2.45, 2.75) is 0 Å². The van der Waals surface area contributed by atoms with Crippen molar-refractivity contribution < 1.29 is 9.90 Å². The molecule has 1 amide bonds. The Morgan fingerprint density at radius 2 is 2.12 bits per heavy atom. The van der Waals surface area contributed by atoms with Crippen LogP contribution in [0.25, 0.3) is 11.1 Å². The van der Waals surface area contributed by atoms with Gasteiger partial charge in [-0.1, -0.05) is 24.3 Å². The Balaban J connectivity index is 2.44. The fourth-order valence-corrected chi connectivity index (χ4v) is 1.49. The maximum atomic E-state index is 10.3. The van der Waals surface area contributed by atoms with E-state index >= 15 is 0 Å².